The van der Waals surface area contributed by atoms with Crippen LogP contribution in [0, 0.1) is 0 Å². The molecule has 4 aromatic heterocycles. The third-order valence-electron chi connectivity index (χ3n) is 8.34. The van der Waals surface area contributed by atoms with Crippen molar-refractivity contribution in [2.75, 3.05) is 32.7 Å². The fourth-order valence-corrected chi connectivity index (χ4v) is 5.58. The van der Waals surface area contributed by atoms with Gasteiger partial charge in [-0.25, -0.2) is 4.90 Å². The molecule has 0 unspecified atom stereocenters. The summed E-state index contributed by atoms with van der Waals surface area (Å²) in [6.45, 7) is 1.69. The smallest absolute Gasteiger partial charge is 0.283 e. The van der Waals surface area contributed by atoms with Gasteiger partial charge in [-0.3, -0.25) is 38.4 Å². The SMILES string of the molecule is NCCCNCCCCNCCC(C(=O)c1cccc(=O)n1O)(C(=O)c1cccc(=O)n1O)N(C(=O)c1cccc(=O)n1O)C(=O)c1cccc(=O)n1O. The van der Waals surface area contributed by atoms with Crippen molar-refractivity contribution in [3.63, 3.8) is 0 Å². The van der Waals surface area contributed by atoms with E-state index in [1.807, 2.05) is 0 Å². The number of hydrogen-bond acceptors (Lipinski definition) is 15. The summed E-state index contributed by atoms with van der Waals surface area (Å²) < 4.78 is -0.745. The molecule has 0 bridgehead atoms. The van der Waals surface area contributed by atoms with Crippen LogP contribution in [0.5, 0.6) is 0 Å². The summed E-state index contributed by atoms with van der Waals surface area (Å²) in [4.78, 5) is 109. The molecule has 0 aliphatic rings. The van der Waals surface area contributed by atoms with E-state index in [4.69, 9.17) is 5.73 Å². The second kappa shape index (κ2) is 17.7. The normalized spacial score (nSPS) is 11.3. The number of carbonyl (C=O) groups is 4. The number of hydrogen-bond donors (Lipinski definition) is 7. The van der Waals surface area contributed by atoms with Gasteiger partial charge in [0, 0.05) is 24.3 Å². The Morgan fingerprint density at radius 2 is 0.870 bits per heavy atom. The zero-order valence-corrected chi connectivity index (χ0v) is 28.7. The van der Waals surface area contributed by atoms with Crippen LogP contribution in [0.2, 0.25) is 0 Å². The minimum atomic E-state index is -3.35. The van der Waals surface area contributed by atoms with Gasteiger partial charge in [-0.2, -0.15) is 0 Å². The van der Waals surface area contributed by atoms with Crippen LogP contribution < -0.4 is 38.6 Å². The predicted octanol–water partition coefficient (Wildman–Crippen LogP) is -1.23. The molecule has 20 nitrogen and oxygen atoms in total. The number of ketones is 2. The summed E-state index contributed by atoms with van der Waals surface area (Å²) in [6.07, 6.45) is 1.05. The average Bonchev–Trinajstić information content (AvgIpc) is 3.15. The first kappa shape index (κ1) is 40.1. The lowest BCUT2D eigenvalue weighted by molar-refractivity contribution is 0.0241. The molecule has 8 N–H and O–H groups in total. The van der Waals surface area contributed by atoms with Crippen molar-refractivity contribution in [2.24, 2.45) is 5.73 Å². The maximum absolute atomic E-state index is 15.0. The number of amides is 2. The fraction of sp³-hybridized carbons (Fsp3) is 0.294. The first-order valence-electron chi connectivity index (χ1n) is 16.5. The molecule has 0 aromatic carbocycles. The predicted molar refractivity (Wildman–Crippen MR) is 187 cm³/mol. The highest BCUT2D eigenvalue weighted by Crippen LogP contribution is 2.32. The number of rotatable bonds is 18. The maximum atomic E-state index is 15.0. The molecule has 0 aliphatic heterocycles. The summed E-state index contributed by atoms with van der Waals surface area (Å²) in [5, 5.41) is 49.0. The number of nitrogens with one attached hydrogen (secondary N) is 2. The van der Waals surface area contributed by atoms with Crippen molar-refractivity contribution < 1.29 is 40.0 Å². The number of Topliss-reactive ketones (excluding diaryl/α,β-unsaturated/α-hetero) is 2. The second-order valence-corrected chi connectivity index (χ2v) is 11.8. The summed E-state index contributed by atoms with van der Waals surface area (Å²) >= 11 is 0. The molecule has 286 valence electrons. The molecule has 4 aromatic rings. The standard InChI is InChI=1S/C34H38N8O12/c35-17-7-20-36-18-1-2-19-37-21-16-34(30(47)22-8-3-12-26(43)39(22)51,31(48)23-9-4-13-27(44)40(23)52)38(32(49)24-10-5-14-28(45)41(24)53)33(50)25-11-6-15-29(46)42(25)54/h3-6,8-15,36-37,51-54H,1-2,7,16-21,35H2. The van der Waals surface area contributed by atoms with Gasteiger partial charge in [0.2, 0.25) is 11.6 Å². The molecule has 0 saturated carbocycles. The number of aromatic nitrogens is 4. The molecule has 0 radical (unpaired) electrons. The number of pyridine rings is 4. The van der Waals surface area contributed by atoms with Crippen LogP contribution in [0.3, 0.4) is 0 Å². The van der Waals surface area contributed by atoms with Crippen molar-refractivity contribution in [3.8, 4) is 0 Å². The van der Waals surface area contributed by atoms with E-state index in [1.165, 1.54) is 0 Å². The van der Waals surface area contributed by atoms with Crippen molar-refractivity contribution in [2.45, 2.75) is 31.2 Å². The Kier molecular flexibility index (Phi) is 13.2. The highest BCUT2D eigenvalue weighted by atomic mass is 16.5. The number of unbranched alkanes of at least 4 members (excludes halogenated alkanes) is 1. The Balaban J connectivity index is 2.03. The van der Waals surface area contributed by atoms with Crippen LogP contribution in [-0.4, -0.2) is 106 Å². The van der Waals surface area contributed by atoms with Crippen molar-refractivity contribution in [1.29, 1.82) is 0 Å². The van der Waals surface area contributed by atoms with Crippen molar-refractivity contribution in [1.82, 2.24) is 34.5 Å². The van der Waals surface area contributed by atoms with Crippen molar-refractivity contribution in [3.05, 3.63) is 137 Å². The molecule has 0 fully saturated rings. The zero-order chi connectivity index (χ0) is 39.6. The highest BCUT2D eigenvalue weighted by Gasteiger charge is 2.58. The lowest BCUT2D eigenvalue weighted by Crippen LogP contribution is -2.66. The molecule has 0 saturated heterocycles. The number of nitrogens with two attached hydrogens (primary N) is 1. The molecule has 0 atom stereocenters. The Morgan fingerprint density at radius 1 is 0.537 bits per heavy atom. The fourth-order valence-electron chi connectivity index (χ4n) is 5.58. The van der Waals surface area contributed by atoms with Crippen LogP contribution in [0.25, 0.3) is 0 Å². The van der Waals surface area contributed by atoms with E-state index in [0.717, 1.165) is 79.2 Å². The second-order valence-electron chi connectivity index (χ2n) is 11.8. The van der Waals surface area contributed by atoms with E-state index >= 15 is 0 Å². The molecular weight excluding hydrogens is 712 g/mol. The molecular formula is C34H38N8O12. The van der Waals surface area contributed by atoms with Gasteiger partial charge in [0.15, 0.2) is 5.54 Å². The summed E-state index contributed by atoms with van der Waals surface area (Å²) in [5.74, 6) is -6.76. The first-order valence-corrected chi connectivity index (χ1v) is 16.5. The monoisotopic (exact) mass is 750 g/mol. The lowest BCUT2D eigenvalue weighted by atomic mass is 9.79. The van der Waals surface area contributed by atoms with Gasteiger partial charge in [0.1, 0.15) is 22.8 Å². The van der Waals surface area contributed by atoms with E-state index in [2.05, 4.69) is 10.6 Å². The summed E-state index contributed by atoms with van der Waals surface area (Å²) in [6, 6.07) is 10.8. The number of imide groups is 1. The topological polar surface area (TPSA) is 291 Å². The number of carbonyl (C=O) groups excluding carboxylic acids is 4. The highest BCUT2D eigenvalue weighted by molar-refractivity contribution is 6.28. The van der Waals surface area contributed by atoms with Gasteiger partial charge in [0.05, 0.1) is 0 Å². The van der Waals surface area contributed by atoms with Gasteiger partial charge in [-0.15, -0.1) is 18.9 Å². The average molecular weight is 751 g/mol. The van der Waals surface area contributed by atoms with Gasteiger partial charge < -0.3 is 37.2 Å². The molecule has 0 spiro atoms. The minimum absolute atomic E-state index is 0.0708. The van der Waals surface area contributed by atoms with Crippen LogP contribution in [0.15, 0.2) is 92.0 Å². The van der Waals surface area contributed by atoms with E-state index in [9.17, 15) is 59.2 Å². The Bertz CT molecular complexity index is 2130. The third-order valence-corrected chi connectivity index (χ3v) is 8.34. The Labute approximate surface area is 304 Å². The van der Waals surface area contributed by atoms with Crippen LogP contribution >= 0.6 is 0 Å². The molecule has 54 heavy (non-hydrogen) atoms. The van der Waals surface area contributed by atoms with Gasteiger partial charge >= 0.3 is 0 Å². The quantitative estimate of drug-likeness (QED) is 0.0206. The van der Waals surface area contributed by atoms with Gasteiger partial charge in [0.25, 0.3) is 34.1 Å². The Morgan fingerprint density at radius 3 is 1.26 bits per heavy atom. The summed E-state index contributed by atoms with van der Waals surface area (Å²) in [5.41, 5.74) is -6.61. The van der Waals surface area contributed by atoms with E-state index in [0.29, 0.717) is 32.5 Å². The Hall–Kier alpha value is -6.64. The van der Waals surface area contributed by atoms with Crippen LogP contribution in [-0.2, 0) is 0 Å². The van der Waals surface area contributed by atoms with E-state index in [-0.39, 0.29) is 30.4 Å². The largest absolute Gasteiger partial charge is 0.425 e. The van der Waals surface area contributed by atoms with E-state index < -0.39 is 86.9 Å². The van der Waals surface area contributed by atoms with Crippen LogP contribution in [0.1, 0.15) is 67.6 Å². The minimum Gasteiger partial charge on any atom is -0.425 e. The first-order chi connectivity index (χ1) is 25.8. The number of nitrogens with zero attached hydrogens (tertiary/aromatic N) is 5. The maximum Gasteiger partial charge on any atom is 0.283 e. The molecule has 20 heteroatoms. The molecule has 2 amide bonds. The molecule has 0 aliphatic carbocycles. The van der Waals surface area contributed by atoms with Gasteiger partial charge in [-0.1, -0.05) is 24.3 Å². The zero-order valence-electron chi connectivity index (χ0n) is 28.7. The van der Waals surface area contributed by atoms with Crippen LogP contribution in [0.4, 0.5) is 0 Å². The lowest BCUT2D eigenvalue weighted by Gasteiger charge is -2.40. The van der Waals surface area contributed by atoms with E-state index in [1.54, 1.807) is 0 Å². The summed E-state index contributed by atoms with van der Waals surface area (Å²) in [7, 11) is 0. The molecule has 4 rings (SSSR count). The van der Waals surface area contributed by atoms with Gasteiger partial charge in [-0.05, 0) is 82.7 Å². The van der Waals surface area contributed by atoms with Crippen molar-refractivity contribution >= 4 is 23.4 Å². The molecule has 4 heterocycles. The third kappa shape index (κ3) is 8.20.